The molecule has 0 aromatic heterocycles. The number of hydrogen-bond donors (Lipinski definition) is 2. The first kappa shape index (κ1) is 13.4. The molecule has 2 N–H and O–H groups in total. The lowest BCUT2D eigenvalue weighted by Gasteiger charge is -2.45. The second-order valence-corrected chi connectivity index (χ2v) is 7.55. The second kappa shape index (κ2) is 4.24. The van der Waals surface area contributed by atoms with Crippen molar-refractivity contribution in [3.05, 3.63) is 0 Å². The first-order chi connectivity index (χ1) is 7.81. The monoisotopic (exact) mass is 239 g/mol. The van der Waals surface area contributed by atoms with Gasteiger partial charge in [-0.3, -0.25) is 0 Å². The molecule has 2 aliphatic carbocycles. The predicted octanol–water partition coefficient (Wildman–Crippen LogP) is 2.81. The summed E-state index contributed by atoms with van der Waals surface area (Å²) in [6, 6.07) is 0.809. The van der Waals surface area contributed by atoms with Crippen LogP contribution >= 0.6 is 0 Å². The quantitative estimate of drug-likeness (QED) is 0.790. The summed E-state index contributed by atoms with van der Waals surface area (Å²) in [4.78, 5) is 0. The van der Waals surface area contributed by atoms with E-state index in [4.69, 9.17) is 0 Å². The molecule has 2 rings (SSSR count). The van der Waals surface area contributed by atoms with Gasteiger partial charge in [0.1, 0.15) is 0 Å². The molecule has 0 radical (unpaired) electrons. The van der Waals surface area contributed by atoms with Crippen LogP contribution < -0.4 is 5.32 Å². The average Bonchev–Trinajstić information content (AvgIpc) is 2.68. The summed E-state index contributed by atoms with van der Waals surface area (Å²) in [5.41, 5.74) is 0.839. The minimum Gasteiger partial charge on any atom is -0.395 e. The molecule has 0 aliphatic heterocycles. The molecule has 2 fully saturated rings. The van der Waals surface area contributed by atoms with Crippen LogP contribution in [0.2, 0.25) is 0 Å². The van der Waals surface area contributed by atoms with Crippen molar-refractivity contribution in [1.82, 2.24) is 5.32 Å². The summed E-state index contributed by atoms with van der Waals surface area (Å²) in [7, 11) is 0. The molecule has 2 nitrogen and oxygen atoms in total. The lowest BCUT2D eigenvalue weighted by Crippen LogP contribution is -2.55. The first-order valence-corrected chi connectivity index (χ1v) is 7.18. The maximum atomic E-state index is 9.52. The van der Waals surface area contributed by atoms with E-state index in [-0.39, 0.29) is 12.6 Å². The normalized spacial score (nSPS) is 41.1. The Kier molecular flexibility index (Phi) is 3.33. The molecule has 0 aromatic rings. The SMILES string of the molecule is CC(C)C(CO)NC1C(C)(C)[C@H]2CC[C@]1(C)C2. The molecule has 0 saturated heterocycles. The molecule has 0 amide bonds. The van der Waals surface area contributed by atoms with Crippen LogP contribution in [0.25, 0.3) is 0 Å². The Bertz CT molecular complexity index is 282. The first-order valence-electron chi connectivity index (χ1n) is 7.18. The van der Waals surface area contributed by atoms with Gasteiger partial charge in [0.25, 0.3) is 0 Å². The Morgan fingerprint density at radius 3 is 2.35 bits per heavy atom. The van der Waals surface area contributed by atoms with Gasteiger partial charge in [0, 0.05) is 12.1 Å². The maximum Gasteiger partial charge on any atom is 0.0587 e. The largest absolute Gasteiger partial charge is 0.395 e. The highest BCUT2D eigenvalue weighted by Gasteiger charge is 2.59. The number of fused-ring (bicyclic) bond motifs is 2. The number of aliphatic hydroxyl groups excluding tert-OH is 1. The van der Waals surface area contributed by atoms with Gasteiger partial charge in [-0.15, -0.1) is 0 Å². The van der Waals surface area contributed by atoms with Gasteiger partial charge in [0.05, 0.1) is 6.61 Å². The van der Waals surface area contributed by atoms with Gasteiger partial charge < -0.3 is 10.4 Å². The van der Waals surface area contributed by atoms with Crippen LogP contribution in [-0.4, -0.2) is 23.8 Å². The van der Waals surface area contributed by atoms with E-state index in [1.165, 1.54) is 19.3 Å². The van der Waals surface area contributed by atoms with Gasteiger partial charge >= 0.3 is 0 Å². The highest BCUT2D eigenvalue weighted by molar-refractivity contribution is 5.12. The van der Waals surface area contributed by atoms with Crippen molar-refractivity contribution in [3.63, 3.8) is 0 Å². The number of nitrogens with one attached hydrogen (secondary N) is 1. The minimum absolute atomic E-state index is 0.246. The molecule has 2 aliphatic rings. The van der Waals surface area contributed by atoms with Crippen LogP contribution in [0, 0.1) is 22.7 Å². The maximum absolute atomic E-state index is 9.52. The third-order valence-electron chi connectivity index (χ3n) is 5.65. The second-order valence-electron chi connectivity index (χ2n) is 7.55. The number of rotatable bonds is 4. The third kappa shape index (κ3) is 2.04. The van der Waals surface area contributed by atoms with E-state index in [9.17, 15) is 5.11 Å². The van der Waals surface area contributed by atoms with E-state index in [1.807, 2.05) is 0 Å². The van der Waals surface area contributed by atoms with Gasteiger partial charge in [-0.25, -0.2) is 0 Å². The van der Waals surface area contributed by atoms with Crippen LogP contribution in [0.4, 0.5) is 0 Å². The summed E-state index contributed by atoms with van der Waals surface area (Å²) in [5.74, 6) is 1.37. The summed E-state index contributed by atoms with van der Waals surface area (Å²) >= 11 is 0. The molecular weight excluding hydrogens is 210 g/mol. The van der Waals surface area contributed by atoms with Crippen molar-refractivity contribution < 1.29 is 5.11 Å². The zero-order valence-electron chi connectivity index (χ0n) is 12.1. The van der Waals surface area contributed by atoms with E-state index >= 15 is 0 Å². The lowest BCUT2D eigenvalue weighted by molar-refractivity contribution is 0.0772. The van der Waals surface area contributed by atoms with E-state index in [0.717, 1.165) is 5.92 Å². The fourth-order valence-electron chi connectivity index (χ4n) is 4.39. The van der Waals surface area contributed by atoms with Crippen LogP contribution in [-0.2, 0) is 0 Å². The molecule has 4 atom stereocenters. The predicted molar refractivity (Wildman–Crippen MR) is 71.9 cm³/mol. The van der Waals surface area contributed by atoms with Crippen LogP contribution in [0.15, 0.2) is 0 Å². The molecular formula is C15H29NO. The van der Waals surface area contributed by atoms with Crippen molar-refractivity contribution in [2.75, 3.05) is 6.61 Å². The van der Waals surface area contributed by atoms with E-state index < -0.39 is 0 Å². The molecule has 0 spiro atoms. The molecule has 0 heterocycles. The fourth-order valence-corrected chi connectivity index (χ4v) is 4.39. The molecule has 100 valence electrons. The van der Waals surface area contributed by atoms with Gasteiger partial charge in [0.15, 0.2) is 0 Å². The van der Waals surface area contributed by atoms with Crippen molar-refractivity contribution >= 4 is 0 Å². The Hall–Kier alpha value is -0.0800. The zero-order valence-corrected chi connectivity index (χ0v) is 12.1. The van der Waals surface area contributed by atoms with E-state index in [0.29, 0.717) is 22.8 Å². The van der Waals surface area contributed by atoms with Gasteiger partial charge in [0.2, 0.25) is 0 Å². The van der Waals surface area contributed by atoms with Crippen LogP contribution in [0.5, 0.6) is 0 Å². The van der Waals surface area contributed by atoms with Crippen LogP contribution in [0.1, 0.15) is 53.9 Å². The number of aliphatic hydroxyl groups is 1. The van der Waals surface area contributed by atoms with Crippen molar-refractivity contribution in [2.24, 2.45) is 22.7 Å². The molecule has 2 bridgehead atoms. The minimum atomic E-state index is 0.246. The molecule has 2 unspecified atom stereocenters. The Morgan fingerprint density at radius 2 is 1.94 bits per heavy atom. The topological polar surface area (TPSA) is 32.3 Å². The van der Waals surface area contributed by atoms with Gasteiger partial charge in [-0.1, -0.05) is 34.6 Å². The number of hydrogen-bond acceptors (Lipinski definition) is 2. The van der Waals surface area contributed by atoms with E-state index in [1.54, 1.807) is 0 Å². The Balaban J connectivity index is 2.14. The zero-order chi connectivity index (χ0) is 12.8. The Morgan fingerprint density at radius 1 is 1.29 bits per heavy atom. The van der Waals surface area contributed by atoms with E-state index in [2.05, 4.69) is 39.9 Å². The lowest BCUT2D eigenvalue weighted by atomic mass is 9.68. The Labute approximate surface area is 106 Å². The molecule has 0 aromatic carbocycles. The average molecular weight is 239 g/mol. The smallest absolute Gasteiger partial charge is 0.0587 e. The third-order valence-corrected chi connectivity index (χ3v) is 5.65. The molecule has 2 saturated carbocycles. The fraction of sp³-hybridized carbons (Fsp3) is 1.00. The highest BCUT2D eigenvalue weighted by atomic mass is 16.3. The van der Waals surface area contributed by atoms with Crippen molar-refractivity contribution in [1.29, 1.82) is 0 Å². The molecule has 2 heteroatoms. The highest BCUT2D eigenvalue weighted by Crippen LogP contribution is 2.62. The van der Waals surface area contributed by atoms with Crippen molar-refractivity contribution in [2.45, 2.75) is 66.0 Å². The summed E-state index contributed by atoms with van der Waals surface area (Å²) < 4.78 is 0. The summed E-state index contributed by atoms with van der Waals surface area (Å²) in [5, 5.41) is 13.3. The standard InChI is InChI=1S/C15H29NO/c1-10(2)12(9-17)16-13-14(3,4)11-6-7-15(13,5)8-11/h10-13,16-17H,6-9H2,1-5H3/t11-,12?,13?,15+/m0/s1. The van der Waals surface area contributed by atoms with Gasteiger partial charge in [-0.05, 0) is 41.9 Å². The van der Waals surface area contributed by atoms with Crippen LogP contribution in [0.3, 0.4) is 0 Å². The van der Waals surface area contributed by atoms with Crippen molar-refractivity contribution in [3.8, 4) is 0 Å². The summed E-state index contributed by atoms with van der Waals surface area (Å²) in [6.07, 6.45) is 4.12. The molecule has 17 heavy (non-hydrogen) atoms. The van der Waals surface area contributed by atoms with Gasteiger partial charge in [-0.2, -0.15) is 0 Å². The summed E-state index contributed by atoms with van der Waals surface area (Å²) in [6.45, 7) is 11.9.